The molecule has 0 aromatic carbocycles. The van der Waals surface area contributed by atoms with Crippen LogP contribution in [0.2, 0.25) is 0 Å². The van der Waals surface area contributed by atoms with Gasteiger partial charge < -0.3 is 5.32 Å². The summed E-state index contributed by atoms with van der Waals surface area (Å²) in [6.07, 6.45) is 6.60. The van der Waals surface area contributed by atoms with E-state index in [1.807, 2.05) is 0 Å². The average Bonchev–Trinajstić information content (AvgIpc) is 2.29. The molecular formula is C14H30N2. The fraction of sp³-hybridized carbons (Fsp3) is 1.00. The number of nitrogens with one attached hydrogen (secondary N) is 1. The molecule has 3 unspecified atom stereocenters. The summed E-state index contributed by atoms with van der Waals surface area (Å²) in [5.41, 5.74) is 0. The first-order valence-electron chi connectivity index (χ1n) is 7.18. The standard InChI is InChI=1S/C14H30N2/c1-5-7-10-16(13(4)6-2)14-8-9-15-12(3)11-14/h12-15H,5-11H2,1-4H3. The van der Waals surface area contributed by atoms with Gasteiger partial charge in [0.2, 0.25) is 0 Å². The zero-order valence-electron chi connectivity index (χ0n) is 11.6. The first-order valence-corrected chi connectivity index (χ1v) is 7.18. The predicted molar refractivity (Wildman–Crippen MR) is 71.9 cm³/mol. The summed E-state index contributed by atoms with van der Waals surface area (Å²) < 4.78 is 0. The van der Waals surface area contributed by atoms with Crippen LogP contribution in [0.3, 0.4) is 0 Å². The largest absolute Gasteiger partial charge is 0.314 e. The molecule has 3 atom stereocenters. The number of hydrogen-bond donors (Lipinski definition) is 1. The molecule has 0 radical (unpaired) electrons. The van der Waals surface area contributed by atoms with Gasteiger partial charge in [-0.25, -0.2) is 0 Å². The van der Waals surface area contributed by atoms with Gasteiger partial charge in [-0.15, -0.1) is 0 Å². The molecule has 0 spiro atoms. The molecule has 0 amide bonds. The Kier molecular flexibility index (Phi) is 6.37. The highest BCUT2D eigenvalue weighted by Crippen LogP contribution is 2.20. The lowest BCUT2D eigenvalue weighted by atomic mass is 9.97. The summed E-state index contributed by atoms with van der Waals surface area (Å²) in [4.78, 5) is 2.76. The summed E-state index contributed by atoms with van der Waals surface area (Å²) in [5, 5.41) is 3.55. The van der Waals surface area contributed by atoms with E-state index in [0.29, 0.717) is 6.04 Å². The molecule has 0 aromatic heterocycles. The minimum absolute atomic E-state index is 0.701. The molecule has 1 rings (SSSR count). The summed E-state index contributed by atoms with van der Waals surface area (Å²) in [6.45, 7) is 11.8. The van der Waals surface area contributed by atoms with Crippen molar-refractivity contribution in [2.24, 2.45) is 0 Å². The van der Waals surface area contributed by atoms with E-state index in [4.69, 9.17) is 0 Å². The van der Waals surface area contributed by atoms with Crippen molar-refractivity contribution in [3.63, 3.8) is 0 Å². The van der Waals surface area contributed by atoms with Crippen molar-refractivity contribution < 1.29 is 0 Å². The molecule has 0 bridgehead atoms. The second-order valence-corrected chi connectivity index (χ2v) is 5.38. The van der Waals surface area contributed by atoms with E-state index in [-0.39, 0.29) is 0 Å². The van der Waals surface area contributed by atoms with Crippen LogP contribution in [0.5, 0.6) is 0 Å². The third kappa shape index (κ3) is 4.06. The second-order valence-electron chi connectivity index (χ2n) is 5.38. The quantitative estimate of drug-likeness (QED) is 0.749. The molecule has 1 fully saturated rings. The molecule has 1 heterocycles. The molecular weight excluding hydrogens is 196 g/mol. The van der Waals surface area contributed by atoms with Gasteiger partial charge in [-0.05, 0) is 52.6 Å². The smallest absolute Gasteiger partial charge is 0.0125 e. The Bertz CT molecular complexity index is 182. The number of rotatable bonds is 6. The van der Waals surface area contributed by atoms with Crippen LogP contribution in [0, 0.1) is 0 Å². The van der Waals surface area contributed by atoms with Gasteiger partial charge in [0.1, 0.15) is 0 Å². The Labute approximate surface area is 102 Å². The minimum Gasteiger partial charge on any atom is -0.314 e. The van der Waals surface area contributed by atoms with Crippen molar-refractivity contribution in [2.75, 3.05) is 13.1 Å². The van der Waals surface area contributed by atoms with Crippen LogP contribution in [0.4, 0.5) is 0 Å². The van der Waals surface area contributed by atoms with Crippen LogP contribution in [0.1, 0.15) is 59.8 Å². The fourth-order valence-corrected chi connectivity index (χ4v) is 2.74. The van der Waals surface area contributed by atoms with Gasteiger partial charge in [-0.1, -0.05) is 20.3 Å². The third-order valence-corrected chi connectivity index (χ3v) is 3.99. The number of unbranched alkanes of at least 4 members (excludes halogenated alkanes) is 1. The number of piperidine rings is 1. The Morgan fingerprint density at radius 1 is 1.38 bits per heavy atom. The van der Waals surface area contributed by atoms with Crippen LogP contribution in [0.25, 0.3) is 0 Å². The van der Waals surface area contributed by atoms with Crippen LogP contribution in [-0.4, -0.2) is 36.1 Å². The van der Waals surface area contributed by atoms with E-state index < -0.39 is 0 Å². The van der Waals surface area contributed by atoms with E-state index in [2.05, 4.69) is 37.9 Å². The van der Waals surface area contributed by atoms with Gasteiger partial charge in [-0.3, -0.25) is 4.90 Å². The highest BCUT2D eigenvalue weighted by Gasteiger charge is 2.26. The maximum atomic E-state index is 3.55. The molecule has 0 aliphatic carbocycles. The highest BCUT2D eigenvalue weighted by atomic mass is 15.2. The lowest BCUT2D eigenvalue weighted by molar-refractivity contribution is 0.102. The maximum absolute atomic E-state index is 3.55. The third-order valence-electron chi connectivity index (χ3n) is 3.99. The average molecular weight is 226 g/mol. The second kappa shape index (κ2) is 7.29. The molecule has 2 heteroatoms. The van der Waals surface area contributed by atoms with Gasteiger partial charge >= 0.3 is 0 Å². The highest BCUT2D eigenvalue weighted by molar-refractivity contribution is 4.84. The minimum atomic E-state index is 0.701. The van der Waals surface area contributed by atoms with E-state index in [9.17, 15) is 0 Å². The van der Waals surface area contributed by atoms with Crippen LogP contribution < -0.4 is 5.32 Å². The Hall–Kier alpha value is -0.0800. The van der Waals surface area contributed by atoms with Gasteiger partial charge in [0.05, 0.1) is 0 Å². The molecule has 1 aliphatic rings. The van der Waals surface area contributed by atoms with E-state index in [1.54, 1.807) is 0 Å². The van der Waals surface area contributed by atoms with Crippen molar-refractivity contribution in [3.8, 4) is 0 Å². The first-order chi connectivity index (χ1) is 7.69. The normalized spacial score (nSPS) is 28.3. The van der Waals surface area contributed by atoms with Crippen LogP contribution >= 0.6 is 0 Å². The van der Waals surface area contributed by atoms with Gasteiger partial charge in [-0.2, -0.15) is 0 Å². The molecule has 1 saturated heterocycles. The Balaban J connectivity index is 2.52. The zero-order valence-corrected chi connectivity index (χ0v) is 11.6. The summed E-state index contributed by atoms with van der Waals surface area (Å²) in [7, 11) is 0. The van der Waals surface area contributed by atoms with Crippen molar-refractivity contribution in [3.05, 3.63) is 0 Å². The fourth-order valence-electron chi connectivity index (χ4n) is 2.74. The lowest BCUT2D eigenvalue weighted by Crippen LogP contribution is -2.50. The van der Waals surface area contributed by atoms with E-state index >= 15 is 0 Å². The van der Waals surface area contributed by atoms with Crippen molar-refractivity contribution in [1.82, 2.24) is 10.2 Å². The SMILES string of the molecule is CCCCN(C(C)CC)C1CCNC(C)C1. The van der Waals surface area contributed by atoms with Gasteiger partial charge in [0.15, 0.2) is 0 Å². The Morgan fingerprint density at radius 3 is 2.69 bits per heavy atom. The summed E-state index contributed by atoms with van der Waals surface area (Å²) in [5.74, 6) is 0. The van der Waals surface area contributed by atoms with Crippen LogP contribution in [0.15, 0.2) is 0 Å². The van der Waals surface area contributed by atoms with Crippen molar-refractivity contribution in [2.45, 2.75) is 77.9 Å². The molecule has 96 valence electrons. The van der Waals surface area contributed by atoms with Crippen LogP contribution in [-0.2, 0) is 0 Å². The lowest BCUT2D eigenvalue weighted by Gasteiger charge is -2.40. The number of nitrogens with zero attached hydrogens (tertiary/aromatic N) is 1. The molecule has 1 N–H and O–H groups in total. The first kappa shape index (κ1) is 14.0. The van der Waals surface area contributed by atoms with E-state index in [1.165, 1.54) is 45.2 Å². The topological polar surface area (TPSA) is 15.3 Å². The maximum Gasteiger partial charge on any atom is 0.0125 e. The zero-order chi connectivity index (χ0) is 12.0. The molecule has 0 saturated carbocycles. The number of hydrogen-bond acceptors (Lipinski definition) is 2. The molecule has 16 heavy (non-hydrogen) atoms. The van der Waals surface area contributed by atoms with Crippen molar-refractivity contribution in [1.29, 1.82) is 0 Å². The predicted octanol–water partition coefficient (Wildman–Crippen LogP) is 3.03. The summed E-state index contributed by atoms with van der Waals surface area (Å²) >= 11 is 0. The van der Waals surface area contributed by atoms with Gasteiger partial charge in [0, 0.05) is 18.1 Å². The molecule has 2 nitrogen and oxygen atoms in total. The van der Waals surface area contributed by atoms with Crippen molar-refractivity contribution >= 4 is 0 Å². The summed E-state index contributed by atoms with van der Waals surface area (Å²) in [6, 6.07) is 2.27. The van der Waals surface area contributed by atoms with E-state index in [0.717, 1.165) is 12.1 Å². The Morgan fingerprint density at radius 2 is 2.12 bits per heavy atom. The molecule has 1 aliphatic heterocycles. The van der Waals surface area contributed by atoms with Gasteiger partial charge in [0.25, 0.3) is 0 Å². The molecule has 0 aromatic rings. The monoisotopic (exact) mass is 226 g/mol.